The monoisotopic (exact) mass is 319 g/mol. The number of ether oxygens (including phenoxy) is 1. The number of para-hydroxylation sites is 1. The lowest BCUT2D eigenvalue weighted by Gasteiger charge is -2.09. The van der Waals surface area contributed by atoms with Crippen LogP contribution in [0.4, 0.5) is 21.9 Å². The van der Waals surface area contributed by atoms with Gasteiger partial charge in [-0.05, 0) is 60.7 Å². The molecular weight excluding hydrogens is 302 g/mol. The smallest absolute Gasteiger partial charge is 0.323 e. The quantitative estimate of drug-likeness (QED) is 0.610. The van der Waals surface area contributed by atoms with Crippen molar-refractivity contribution in [1.29, 1.82) is 0 Å². The van der Waals surface area contributed by atoms with Crippen LogP contribution in [0.25, 0.3) is 0 Å². The van der Waals surface area contributed by atoms with Crippen molar-refractivity contribution in [2.75, 3.05) is 16.4 Å². The standard InChI is InChI=1S/C19H17N3O2/c20-14-6-10-17(11-7-14)24-18-12-8-16(9-13-18)22-19(23)21-15-4-2-1-3-5-15/h1-13H,20H2,(H2,21,22,23). The van der Waals surface area contributed by atoms with E-state index in [1.165, 1.54) is 0 Å². The number of urea groups is 1. The van der Waals surface area contributed by atoms with Crippen LogP contribution in [0.15, 0.2) is 78.9 Å². The molecule has 0 unspecified atom stereocenters. The van der Waals surface area contributed by atoms with Gasteiger partial charge in [-0.3, -0.25) is 0 Å². The minimum atomic E-state index is -0.298. The first-order valence-corrected chi connectivity index (χ1v) is 7.45. The van der Waals surface area contributed by atoms with Crippen molar-refractivity contribution < 1.29 is 9.53 Å². The third-order valence-corrected chi connectivity index (χ3v) is 3.26. The lowest BCUT2D eigenvalue weighted by atomic mass is 10.3. The summed E-state index contributed by atoms with van der Waals surface area (Å²) in [5, 5.41) is 5.52. The molecule has 0 bridgehead atoms. The van der Waals surface area contributed by atoms with Crippen molar-refractivity contribution >= 4 is 23.1 Å². The van der Waals surface area contributed by atoms with Gasteiger partial charge in [0.05, 0.1) is 0 Å². The normalized spacial score (nSPS) is 10.0. The number of hydrogen-bond acceptors (Lipinski definition) is 3. The zero-order chi connectivity index (χ0) is 16.8. The van der Waals surface area contributed by atoms with E-state index in [2.05, 4.69) is 10.6 Å². The van der Waals surface area contributed by atoms with Crippen LogP contribution >= 0.6 is 0 Å². The molecule has 0 heterocycles. The van der Waals surface area contributed by atoms with Crippen LogP contribution in [0.5, 0.6) is 11.5 Å². The largest absolute Gasteiger partial charge is 0.457 e. The molecule has 5 nitrogen and oxygen atoms in total. The molecule has 120 valence electrons. The number of anilines is 3. The summed E-state index contributed by atoms with van der Waals surface area (Å²) in [4.78, 5) is 11.9. The number of amides is 2. The highest BCUT2D eigenvalue weighted by atomic mass is 16.5. The summed E-state index contributed by atoms with van der Waals surface area (Å²) in [6.07, 6.45) is 0. The van der Waals surface area contributed by atoms with E-state index in [1.54, 1.807) is 48.5 Å². The molecular formula is C19H17N3O2. The van der Waals surface area contributed by atoms with Crippen molar-refractivity contribution in [3.05, 3.63) is 78.9 Å². The maximum absolute atomic E-state index is 11.9. The van der Waals surface area contributed by atoms with Gasteiger partial charge in [0.25, 0.3) is 0 Å². The van der Waals surface area contributed by atoms with Gasteiger partial charge in [-0.1, -0.05) is 18.2 Å². The van der Waals surface area contributed by atoms with Crippen LogP contribution in [0.3, 0.4) is 0 Å². The molecule has 0 fully saturated rings. The number of benzene rings is 3. The number of nitrogens with two attached hydrogens (primary N) is 1. The minimum absolute atomic E-state index is 0.298. The maximum atomic E-state index is 11.9. The average Bonchev–Trinajstić information content (AvgIpc) is 2.59. The molecule has 0 radical (unpaired) electrons. The average molecular weight is 319 g/mol. The van der Waals surface area contributed by atoms with Gasteiger partial charge in [0.2, 0.25) is 0 Å². The van der Waals surface area contributed by atoms with Crippen molar-refractivity contribution in [2.45, 2.75) is 0 Å². The molecule has 0 spiro atoms. The van der Waals surface area contributed by atoms with E-state index in [0.29, 0.717) is 22.9 Å². The first-order chi connectivity index (χ1) is 11.7. The Balaban J connectivity index is 1.58. The number of carbonyl (C=O) groups excluding carboxylic acids is 1. The van der Waals surface area contributed by atoms with Crippen molar-refractivity contribution in [2.24, 2.45) is 0 Å². The first-order valence-electron chi connectivity index (χ1n) is 7.45. The number of nitrogens with one attached hydrogen (secondary N) is 2. The topological polar surface area (TPSA) is 76.4 Å². The van der Waals surface area contributed by atoms with Gasteiger partial charge >= 0.3 is 6.03 Å². The van der Waals surface area contributed by atoms with Crippen LogP contribution in [0, 0.1) is 0 Å². The summed E-state index contributed by atoms with van der Waals surface area (Å²) in [5.74, 6) is 1.38. The third kappa shape index (κ3) is 4.27. The Morgan fingerprint density at radius 2 is 1.21 bits per heavy atom. The van der Waals surface area contributed by atoms with Crippen LogP contribution in [-0.4, -0.2) is 6.03 Å². The van der Waals surface area contributed by atoms with Crippen LogP contribution in [0.1, 0.15) is 0 Å². The predicted molar refractivity (Wildman–Crippen MR) is 96.5 cm³/mol. The Labute approximate surface area is 140 Å². The molecule has 0 saturated carbocycles. The fourth-order valence-electron chi connectivity index (χ4n) is 2.09. The molecule has 0 atom stereocenters. The predicted octanol–water partition coefficient (Wildman–Crippen LogP) is 4.71. The second-order valence-corrected chi connectivity index (χ2v) is 5.14. The Morgan fingerprint density at radius 3 is 1.79 bits per heavy atom. The number of nitrogen functional groups attached to an aromatic ring is 1. The molecule has 0 saturated heterocycles. The van der Waals surface area contributed by atoms with Crippen molar-refractivity contribution in [1.82, 2.24) is 0 Å². The molecule has 3 aromatic rings. The zero-order valence-corrected chi connectivity index (χ0v) is 12.9. The van der Waals surface area contributed by atoms with Gasteiger partial charge in [-0.25, -0.2) is 4.79 Å². The number of hydrogen-bond donors (Lipinski definition) is 3. The second-order valence-electron chi connectivity index (χ2n) is 5.14. The summed E-state index contributed by atoms with van der Waals surface area (Å²) < 4.78 is 5.71. The van der Waals surface area contributed by atoms with Crippen LogP contribution in [0.2, 0.25) is 0 Å². The number of rotatable bonds is 4. The summed E-state index contributed by atoms with van der Waals surface area (Å²) in [6, 6.07) is 23.2. The number of carbonyl (C=O) groups is 1. The highest BCUT2D eigenvalue weighted by Crippen LogP contribution is 2.23. The summed E-state index contributed by atoms with van der Waals surface area (Å²) in [5.41, 5.74) is 7.73. The fraction of sp³-hybridized carbons (Fsp3) is 0. The van der Waals surface area contributed by atoms with Crippen LogP contribution in [-0.2, 0) is 0 Å². The van der Waals surface area contributed by atoms with E-state index in [-0.39, 0.29) is 6.03 Å². The lowest BCUT2D eigenvalue weighted by molar-refractivity contribution is 0.262. The van der Waals surface area contributed by atoms with Gasteiger partial charge in [0, 0.05) is 17.1 Å². The van der Waals surface area contributed by atoms with Gasteiger partial charge in [0.1, 0.15) is 11.5 Å². The summed E-state index contributed by atoms with van der Waals surface area (Å²) in [6.45, 7) is 0. The molecule has 5 heteroatoms. The molecule has 3 rings (SSSR count). The van der Waals surface area contributed by atoms with E-state index in [4.69, 9.17) is 10.5 Å². The Morgan fingerprint density at radius 1 is 0.708 bits per heavy atom. The van der Waals surface area contributed by atoms with Gasteiger partial charge < -0.3 is 21.1 Å². The van der Waals surface area contributed by atoms with Gasteiger partial charge in [-0.15, -0.1) is 0 Å². The van der Waals surface area contributed by atoms with E-state index in [9.17, 15) is 4.79 Å². The molecule has 24 heavy (non-hydrogen) atoms. The van der Waals surface area contributed by atoms with Crippen molar-refractivity contribution in [3.63, 3.8) is 0 Å². The molecule has 3 aromatic carbocycles. The zero-order valence-electron chi connectivity index (χ0n) is 12.9. The molecule has 0 aliphatic carbocycles. The highest BCUT2D eigenvalue weighted by molar-refractivity contribution is 5.99. The van der Waals surface area contributed by atoms with Gasteiger partial charge in [-0.2, -0.15) is 0 Å². The summed E-state index contributed by atoms with van der Waals surface area (Å²) >= 11 is 0. The van der Waals surface area contributed by atoms with Crippen LogP contribution < -0.4 is 21.1 Å². The van der Waals surface area contributed by atoms with Gasteiger partial charge in [0.15, 0.2) is 0 Å². The molecule has 4 N–H and O–H groups in total. The fourth-order valence-corrected chi connectivity index (χ4v) is 2.09. The van der Waals surface area contributed by atoms with E-state index in [1.807, 2.05) is 30.3 Å². The first kappa shape index (κ1) is 15.4. The van der Waals surface area contributed by atoms with E-state index >= 15 is 0 Å². The van der Waals surface area contributed by atoms with Crippen molar-refractivity contribution in [3.8, 4) is 11.5 Å². The third-order valence-electron chi connectivity index (χ3n) is 3.26. The second kappa shape index (κ2) is 7.19. The van der Waals surface area contributed by atoms with E-state index < -0.39 is 0 Å². The summed E-state index contributed by atoms with van der Waals surface area (Å²) in [7, 11) is 0. The highest BCUT2D eigenvalue weighted by Gasteiger charge is 2.03. The molecule has 2 amide bonds. The Hall–Kier alpha value is -3.47. The molecule has 0 aliphatic rings. The Kier molecular flexibility index (Phi) is 4.62. The Bertz CT molecular complexity index is 800. The molecule has 0 aromatic heterocycles. The van der Waals surface area contributed by atoms with E-state index in [0.717, 1.165) is 5.69 Å². The lowest BCUT2D eigenvalue weighted by Crippen LogP contribution is -2.19. The maximum Gasteiger partial charge on any atom is 0.323 e. The minimum Gasteiger partial charge on any atom is -0.457 e. The SMILES string of the molecule is Nc1ccc(Oc2ccc(NC(=O)Nc3ccccc3)cc2)cc1. The molecule has 0 aliphatic heterocycles.